The number of anilines is 1. The summed E-state index contributed by atoms with van der Waals surface area (Å²) in [5.41, 5.74) is 8.68. The van der Waals surface area contributed by atoms with E-state index in [0.717, 1.165) is 24.2 Å². The Balaban J connectivity index is 2.28. The Morgan fingerprint density at radius 2 is 2.00 bits per heavy atom. The zero-order valence-electron chi connectivity index (χ0n) is 9.09. The normalized spacial score (nSPS) is 15.7. The molecular formula is C12H17N3. The lowest BCUT2D eigenvalue weighted by atomic mass is 10.1. The van der Waals surface area contributed by atoms with Gasteiger partial charge in [-0.15, -0.1) is 0 Å². The first-order valence-corrected chi connectivity index (χ1v) is 5.38. The van der Waals surface area contributed by atoms with Gasteiger partial charge in [0.1, 0.15) is 5.84 Å². The van der Waals surface area contributed by atoms with Gasteiger partial charge in [-0.25, -0.2) is 0 Å². The Hall–Kier alpha value is -1.51. The Bertz CT molecular complexity index is 378. The van der Waals surface area contributed by atoms with Crippen LogP contribution in [0.25, 0.3) is 0 Å². The molecule has 80 valence electrons. The Labute approximate surface area is 90.4 Å². The molecule has 3 heteroatoms. The molecule has 0 bridgehead atoms. The number of nitrogen functional groups attached to an aromatic ring is 1. The van der Waals surface area contributed by atoms with Crippen molar-refractivity contribution in [2.45, 2.75) is 19.8 Å². The molecule has 1 saturated heterocycles. The molecule has 1 aromatic carbocycles. The van der Waals surface area contributed by atoms with E-state index in [4.69, 9.17) is 11.1 Å². The van der Waals surface area contributed by atoms with Crippen LogP contribution in [-0.2, 0) is 0 Å². The van der Waals surface area contributed by atoms with Crippen LogP contribution in [0.3, 0.4) is 0 Å². The summed E-state index contributed by atoms with van der Waals surface area (Å²) in [5.74, 6) is 0.153. The molecule has 0 aromatic heterocycles. The molecule has 0 radical (unpaired) electrons. The smallest absolute Gasteiger partial charge is 0.123 e. The van der Waals surface area contributed by atoms with E-state index in [2.05, 4.69) is 17.0 Å². The summed E-state index contributed by atoms with van der Waals surface area (Å²) in [6, 6.07) is 6.14. The fourth-order valence-electron chi connectivity index (χ4n) is 2.12. The Kier molecular flexibility index (Phi) is 2.62. The summed E-state index contributed by atoms with van der Waals surface area (Å²) < 4.78 is 0. The molecule has 0 atom stereocenters. The third-order valence-electron chi connectivity index (χ3n) is 2.97. The van der Waals surface area contributed by atoms with Crippen molar-refractivity contribution in [3.8, 4) is 0 Å². The molecule has 1 heterocycles. The van der Waals surface area contributed by atoms with E-state index in [1.54, 1.807) is 0 Å². The predicted octanol–water partition coefficient (Wildman–Crippen LogP) is 1.88. The molecule has 0 amide bonds. The highest BCUT2D eigenvalue weighted by molar-refractivity contribution is 5.96. The fourth-order valence-corrected chi connectivity index (χ4v) is 2.12. The lowest BCUT2D eigenvalue weighted by molar-refractivity contribution is 0.949. The summed E-state index contributed by atoms with van der Waals surface area (Å²) >= 11 is 0. The Morgan fingerprint density at radius 3 is 2.53 bits per heavy atom. The van der Waals surface area contributed by atoms with E-state index >= 15 is 0 Å². The molecule has 0 aliphatic carbocycles. The summed E-state index contributed by atoms with van der Waals surface area (Å²) in [6.45, 7) is 4.31. The van der Waals surface area contributed by atoms with Gasteiger partial charge in [-0.05, 0) is 43.5 Å². The zero-order valence-corrected chi connectivity index (χ0v) is 9.09. The second-order valence-corrected chi connectivity index (χ2v) is 4.11. The minimum atomic E-state index is 0.153. The van der Waals surface area contributed by atoms with Crippen molar-refractivity contribution in [3.63, 3.8) is 0 Å². The minimum Gasteiger partial charge on any atom is -0.384 e. The molecule has 1 aliphatic heterocycles. The molecule has 1 fully saturated rings. The third-order valence-corrected chi connectivity index (χ3v) is 2.97. The second kappa shape index (κ2) is 3.93. The van der Waals surface area contributed by atoms with Crippen LogP contribution in [0.2, 0.25) is 0 Å². The lowest BCUT2D eigenvalue weighted by Gasteiger charge is -2.18. The minimum absolute atomic E-state index is 0.153. The van der Waals surface area contributed by atoms with Crippen LogP contribution in [0, 0.1) is 12.3 Å². The van der Waals surface area contributed by atoms with Crippen LogP contribution >= 0.6 is 0 Å². The summed E-state index contributed by atoms with van der Waals surface area (Å²) in [4.78, 5) is 2.39. The summed E-state index contributed by atoms with van der Waals surface area (Å²) in [7, 11) is 0. The molecule has 0 spiro atoms. The standard InChI is InChI=1S/C12H17N3/c1-9-8-10(15-6-2-3-7-15)4-5-11(9)12(13)14/h4-5,8H,2-3,6-7H2,1H3,(H3,13,14). The number of benzene rings is 1. The van der Waals surface area contributed by atoms with Crippen molar-refractivity contribution in [2.24, 2.45) is 5.73 Å². The van der Waals surface area contributed by atoms with Crippen molar-refractivity contribution in [1.29, 1.82) is 5.41 Å². The first kappa shape index (κ1) is 10.0. The molecule has 0 saturated carbocycles. The van der Waals surface area contributed by atoms with E-state index < -0.39 is 0 Å². The van der Waals surface area contributed by atoms with Crippen LogP contribution in [0.4, 0.5) is 5.69 Å². The van der Waals surface area contributed by atoms with Gasteiger partial charge in [0.15, 0.2) is 0 Å². The zero-order chi connectivity index (χ0) is 10.8. The van der Waals surface area contributed by atoms with Gasteiger partial charge in [-0.2, -0.15) is 0 Å². The maximum Gasteiger partial charge on any atom is 0.123 e. The van der Waals surface area contributed by atoms with Crippen molar-refractivity contribution in [1.82, 2.24) is 0 Å². The van der Waals surface area contributed by atoms with Crippen LogP contribution in [0.5, 0.6) is 0 Å². The van der Waals surface area contributed by atoms with E-state index in [0.29, 0.717) is 0 Å². The SMILES string of the molecule is Cc1cc(N2CCCC2)ccc1C(=N)N. The first-order valence-electron chi connectivity index (χ1n) is 5.38. The van der Waals surface area contributed by atoms with Gasteiger partial charge in [0.25, 0.3) is 0 Å². The number of amidine groups is 1. The maximum absolute atomic E-state index is 7.42. The quantitative estimate of drug-likeness (QED) is 0.569. The van der Waals surface area contributed by atoms with Gasteiger partial charge in [0.2, 0.25) is 0 Å². The first-order chi connectivity index (χ1) is 7.18. The predicted molar refractivity (Wildman–Crippen MR) is 63.6 cm³/mol. The van der Waals surface area contributed by atoms with Crippen molar-refractivity contribution >= 4 is 11.5 Å². The largest absolute Gasteiger partial charge is 0.384 e. The van der Waals surface area contributed by atoms with Crippen LogP contribution < -0.4 is 10.6 Å². The molecule has 0 unspecified atom stereocenters. The van der Waals surface area contributed by atoms with E-state index in [9.17, 15) is 0 Å². The van der Waals surface area contributed by atoms with Crippen molar-refractivity contribution in [2.75, 3.05) is 18.0 Å². The number of nitrogens with two attached hydrogens (primary N) is 1. The molecule has 2 rings (SSSR count). The number of hydrogen-bond donors (Lipinski definition) is 2. The Morgan fingerprint density at radius 1 is 1.33 bits per heavy atom. The van der Waals surface area contributed by atoms with Gasteiger partial charge in [-0.1, -0.05) is 0 Å². The number of hydrogen-bond acceptors (Lipinski definition) is 2. The van der Waals surface area contributed by atoms with Gasteiger partial charge in [0, 0.05) is 24.3 Å². The highest BCUT2D eigenvalue weighted by atomic mass is 15.1. The van der Waals surface area contributed by atoms with Gasteiger partial charge in [-0.3, -0.25) is 5.41 Å². The molecule has 1 aliphatic rings. The van der Waals surface area contributed by atoms with Gasteiger partial charge >= 0.3 is 0 Å². The fraction of sp³-hybridized carbons (Fsp3) is 0.417. The van der Waals surface area contributed by atoms with E-state index in [-0.39, 0.29) is 5.84 Å². The molecule has 15 heavy (non-hydrogen) atoms. The molecule has 3 N–H and O–H groups in total. The number of aryl methyl sites for hydroxylation is 1. The lowest BCUT2D eigenvalue weighted by Crippen LogP contribution is -2.19. The van der Waals surface area contributed by atoms with E-state index in [1.807, 2.05) is 13.0 Å². The summed E-state index contributed by atoms with van der Waals surface area (Å²) in [6.07, 6.45) is 2.57. The van der Waals surface area contributed by atoms with Crippen LogP contribution in [0.1, 0.15) is 24.0 Å². The van der Waals surface area contributed by atoms with Crippen molar-refractivity contribution in [3.05, 3.63) is 29.3 Å². The van der Waals surface area contributed by atoms with E-state index in [1.165, 1.54) is 18.5 Å². The number of nitrogens with one attached hydrogen (secondary N) is 1. The molecule has 1 aromatic rings. The third kappa shape index (κ3) is 1.96. The number of rotatable bonds is 2. The average molecular weight is 203 g/mol. The average Bonchev–Trinajstić information content (AvgIpc) is 2.69. The highest BCUT2D eigenvalue weighted by Crippen LogP contribution is 2.22. The van der Waals surface area contributed by atoms with Crippen LogP contribution in [0.15, 0.2) is 18.2 Å². The van der Waals surface area contributed by atoms with Gasteiger partial charge < -0.3 is 10.6 Å². The van der Waals surface area contributed by atoms with Crippen LogP contribution in [-0.4, -0.2) is 18.9 Å². The molecule has 3 nitrogen and oxygen atoms in total. The van der Waals surface area contributed by atoms with Gasteiger partial charge in [0.05, 0.1) is 0 Å². The topological polar surface area (TPSA) is 53.1 Å². The number of nitrogens with zero attached hydrogens (tertiary/aromatic N) is 1. The summed E-state index contributed by atoms with van der Waals surface area (Å²) in [5, 5.41) is 7.42. The monoisotopic (exact) mass is 203 g/mol. The molecular weight excluding hydrogens is 186 g/mol. The maximum atomic E-state index is 7.42. The highest BCUT2D eigenvalue weighted by Gasteiger charge is 2.13. The second-order valence-electron chi connectivity index (χ2n) is 4.11. The van der Waals surface area contributed by atoms with Crippen molar-refractivity contribution < 1.29 is 0 Å².